The minimum Gasteiger partial charge on any atom is -0.486 e. The summed E-state index contributed by atoms with van der Waals surface area (Å²) in [5, 5.41) is 0. The Morgan fingerprint density at radius 2 is 2.39 bits per heavy atom. The maximum Gasteiger partial charge on any atom is 0.138 e. The summed E-state index contributed by atoms with van der Waals surface area (Å²) in [5.74, 6) is 0.823. The van der Waals surface area contributed by atoms with Crippen LogP contribution in [-0.2, 0) is 11.3 Å². The number of pyridine rings is 1. The van der Waals surface area contributed by atoms with Gasteiger partial charge >= 0.3 is 0 Å². The van der Waals surface area contributed by atoms with Crippen molar-refractivity contribution >= 4 is 0 Å². The molecule has 2 aromatic heterocycles. The van der Waals surface area contributed by atoms with Gasteiger partial charge in [-0.1, -0.05) is 0 Å². The Morgan fingerprint density at radius 1 is 1.39 bits per heavy atom. The summed E-state index contributed by atoms with van der Waals surface area (Å²) in [6, 6.07) is 5.88. The number of aromatic nitrogens is 1. The van der Waals surface area contributed by atoms with E-state index in [-0.39, 0.29) is 11.7 Å². The number of furan rings is 1. The number of piperidine rings is 1. The molecule has 0 bridgehead atoms. The van der Waals surface area contributed by atoms with Crippen LogP contribution in [-0.4, -0.2) is 41.3 Å². The second-order valence-corrected chi connectivity index (χ2v) is 6.57. The Kier molecular flexibility index (Phi) is 4.06. The predicted molar refractivity (Wildman–Crippen MR) is 85.2 cm³/mol. The summed E-state index contributed by atoms with van der Waals surface area (Å²) in [6.45, 7) is 3.67. The van der Waals surface area contributed by atoms with Crippen LogP contribution in [0.15, 0.2) is 47.5 Å². The lowest BCUT2D eigenvalue weighted by molar-refractivity contribution is -0.0538. The summed E-state index contributed by atoms with van der Waals surface area (Å²) < 4.78 is 17.4. The summed E-state index contributed by atoms with van der Waals surface area (Å²) >= 11 is 0. The Labute approximate surface area is 136 Å². The van der Waals surface area contributed by atoms with Crippen LogP contribution in [0.3, 0.4) is 0 Å². The maximum atomic E-state index is 6.21. The third-order valence-corrected chi connectivity index (χ3v) is 4.72. The minimum atomic E-state index is -0.0607. The van der Waals surface area contributed by atoms with E-state index < -0.39 is 0 Å². The van der Waals surface area contributed by atoms with E-state index in [1.54, 1.807) is 18.7 Å². The van der Waals surface area contributed by atoms with Gasteiger partial charge in [0.15, 0.2) is 0 Å². The van der Waals surface area contributed by atoms with Crippen LogP contribution in [0.2, 0.25) is 0 Å². The molecule has 23 heavy (non-hydrogen) atoms. The van der Waals surface area contributed by atoms with Crippen LogP contribution in [0.4, 0.5) is 0 Å². The molecule has 2 aliphatic heterocycles. The van der Waals surface area contributed by atoms with Crippen molar-refractivity contribution in [1.29, 1.82) is 0 Å². The molecular formula is C18H22N2O3. The Balaban J connectivity index is 1.37. The van der Waals surface area contributed by atoms with Crippen molar-refractivity contribution in [2.75, 3.05) is 19.7 Å². The van der Waals surface area contributed by atoms with Crippen LogP contribution in [0, 0.1) is 0 Å². The molecular weight excluding hydrogens is 292 g/mol. The molecule has 2 fully saturated rings. The molecule has 2 atom stereocenters. The largest absolute Gasteiger partial charge is 0.486 e. The molecule has 5 nitrogen and oxygen atoms in total. The van der Waals surface area contributed by atoms with E-state index in [1.165, 1.54) is 5.56 Å². The molecule has 5 heteroatoms. The van der Waals surface area contributed by atoms with Crippen molar-refractivity contribution in [1.82, 2.24) is 9.88 Å². The molecule has 2 unspecified atom stereocenters. The fraction of sp³-hybridized carbons (Fsp3) is 0.500. The molecule has 2 aromatic rings. The highest BCUT2D eigenvalue weighted by molar-refractivity contribution is 5.16. The maximum absolute atomic E-state index is 6.21. The van der Waals surface area contributed by atoms with E-state index in [0.29, 0.717) is 6.61 Å². The van der Waals surface area contributed by atoms with Crippen LogP contribution < -0.4 is 4.74 Å². The average molecular weight is 314 g/mol. The van der Waals surface area contributed by atoms with Crippen molar-refractivity contribution < 1.29 is 13.9 Å². The topological polar surface area (TPSA) is 47.7 Å². The van der Waals surface area contributed by atoms with Crippen LogP contribution >= 0.6 is 0 Å². The highest BCUT2D eigenvalue weighted by atomic mass is 16.6. The van der Waals surface area contributed by atoms with Crippen LogP contribution in [0.1, 0.15) is 24.8 Å². The summed E-state index contributed by atoms with van der Waals surface area (Å²) in [4.78, 5) is 6.56. The lowest BCUT2D eigenvalue weighted by Gasteiger charge is -2.39. The van der Waals surface area contributed by atoms with Gasteiger partial charge in [-0.15, -0.1) is 0 Å². The molecule has 0 saturated carbocycles. The second-order valence-electron chi connectivity index (χ2n) is 6.57. The van der Waals surface area contributed by atoms with Gasteiger partial charge in [-0.05, 0) is 37.6 Å². The third kappa shape index (κ3) is 3.41. The van der Waals surface area contributed by atoms with Gasteiger partial charge < -0.3 is 13.9 Å². The monoisotopic (exact) mass is 314 g/mol. The fourth-order valence-electron chi connectivity index (χ4n) is 3.74. The van der Waals surface area contributed by atoms with Gasteiger partial charge in [-0.2, -0.15) is 0 Å². The summed E-state index contributed by atoms with van der Waals surface area (Å²) in [6.07, 6.45) is 10.4. The smallest absolute Gasteiger partial charge is 0.138 e. The molecule has 0 aromatic carbocycles. The van der Waals surface area contributed by atoms with Gasteiger partial charge in [0, 0.05) is 31.3 Å². The Morgan fingerprint density at radius 3 is 3.22 bits per heavy atom. The van der Waals surface area contributed by atoms with Gasteiger partial charge in [0.05, 0.1) is 30.9 Å². The highest BCUT2D eigenvalue weighted by Gasteiger charge is 2.44. The minimum absolute atomic E-state index is 0.0607. The zero-order valence-corrected chi connectivity index (χ0v) is 13.2. The molecule has 1 spiro atoms. The lowest BCUT2D eigenvalue weighted by Crippen LogP contribution is -2.47. The molecule has 0 aliphatic carbocycles. The number of hydrogen-bond donors (Lipinski definition) is 0. The first kappa shape index (κ1) is 14.7. The van der Waals surface area contributed by atoms with E-state index >= 15 is 0 Å². The highest BCUT2D eigenvalue weighted by Crippen LogP contribution is 2.36. The number of likely N-dealkylation sites (tertiary alicyclic amines) is 1. The first-order valence-corrected chi connectivity index (χ1v) is 8.25. The average Bonchev–Trinajstić information content (AvgIpc) is 3.19. The van der Waals surface area contributed by atoms with E-state index in [4.69, 9.17) is 13.9 Å². The fourth-order valence-corrected chi connectivity index (χ4v) is 3.74. The van der Waals surface area contributed by atoms with Crippen molar-refractivity contribution in [2.45, 2.75) is 37.5 Å². The SMILES string of the molecule is c1cncc(OC2COC3(CCCN(Cc4ccoc4)C3)C2)c1. The van der Waals surface area contributed by atoms with Crippen molar-refractivity contribution in [3.05, 3.63) is 48.7 Å². The van der Waals surface area contributed by atoms with Crippen LogP contribution in [0.25, 0.3) is 0 Å². The molecule has 2 saturated heterocycles. The van der Waals surface area contributed by atoms with Gasteiger partial charge in [-0.3, -0.25) is 9.88 Å². The molecule has 4 heterocycles. The van der Waals surface area contributed by atoms with Gasteiger partial charge in [0.2, 0.25) is 0 Å². The van der Waals surface area contributed by atoms with E-state index in [0.717, 1.165) is 44.6 Å². The van der Waals surface area contributed by atoms with Gasteiger partial charge in [0.1, 0.15) is 11.9 Å². The molecule has 0 N–H and O–H groups in total. The molecule has 0 amide bonds. The van der Waals surface area contributed by atoms with E-state index in [1.807, 2.05) is 24.5 Å². The first-order valence-electron chi connectivity index (χ1n) is 8.25. The Hall–Kier alpha value is -1.85. The number of ether oxygens (including phenoxy) is 2. The van der Waals surface area contributed by atoms with E-state index in [9.17, 15) is 0 Å². The number of rotatable bonds is 4. The predicted octanol–water partition coefficient (Wildman–Crippen LogP) is 2.88. The standard InChI is InChI=1S/C18H22N2O3/c1-3-16(10-19-6-1)23-17-9-18(22-13-17)5-2-7-20(14-18)11-15-4-8-21-12-15/h1,3-4,6,8,10,12,17H,2,5,7,9,11,13-14H2. The number of nitrogens with zero attached hydrogens (tertiary/aromatic N) is 2. The molecule has 4 rings (SSSR count). The molecule has 122 valence electrons. The Bertz CT molecular complexity index is 616. The van der Waals surface area contributed by atoms with Crippen molar-refractivity contribution in [3.8, 4) is 5.75 Å². The summed E-state index contributed by atoms with van der Waals surface area (Å²) in [5.41, 5.74) is 1.16. The third-order valence-electron chi connectivity index (χ3n) is 4.72. The zero-order valence-electron chi connectivity index (χ0n) is 13.2. The van der Waals surface area contributed by atoms with Gasteiger partial charge in [-0.25, -0.2) is 0 Å². The normalized spacial score (nSPS) is 28.3. The summed E-state index contributed by atoms with van der Waals surface area (Å²) in [7, 11) is 0. The second kappa shape index (κ2) is 6.34. The molecule has 2 aliphatic rings. The number of hydrogen-bond acceptors (Lipinski definition) is 5. The molecule has 0 radical (unpaired) electrons. The lowest BCUT2D eigenvalue weighted by atomic mass is 9.89. The van der Waals surface area contributed by atoms with Crippen molar-refractivity contribution in [2.24, 2.45) is 0 Å². The van der Waals surface area contributed by atoms with Crippen LogP contribution in [0.5, 0.6) is 5.75 Å². The van der Waals surface area contributed by atoms with Gasteiger partial charge in [0.25, 0.3) is 0 Å². The van der Waals surface area contributed by atoms with E-state index in [2.05, 4.69) is 9.88 Å². The quantitative estimate of drug-likeness (QED) is 0.868. The first-order chi connectivity index (χ1) is 11.3. The van der Waals surface area contributed by atoms with Crippen molar-refractivity contribution in [3.63, 3.8) is 0 Å². The zero-order chi connectivity index (χ0) is 15.5.